The lowest BCUT2D eigenvalue weighted by Crippen LogP contribution is -2.42. The Morgan fingerprint density at radius 1 is 1.21 bits per heavy atom. The zero-order valence-electron chi connectivity index (χ0n) is 14.4. The molecule has 0 radical (unpaired) electrons. The van der Waals surface area contributed by atoms with E-state index in [2.05, 4.69) is 5.32 Å². The minimum Gasteiger partial charge on any atom is -0.349 e. The van der Waals surface area contributed by atoms with Gasteiger partial charge in [-0.2, -0.15) is 0 Å². The van der Waals surface area contributed by atoms with E-state index >= 15 is 0 Å². The van der Waals surface area contributed by atoms with Crippen LogP contribution >= 0.6 is 0 Å². The first kappa shape index (κ1) is 17.3. The molecule has 1 aromatic carbocycles. The number of sulfonamides is 1. The lowest BCUT2D eigenvalue weighted by molar-refractivity contribution is -0.126. The molecule has 1 aliphatic heterocycles. The first-order valence-electron chi connectivity index (χ1n) is 8.75. The van der Waals surface area contributed by atoms with Crippen LogP contribution < -0.4 is 9.62 Å². The monoisotopic (exact) mass is 350 g/mol. The molecule has 0 saturated heterocycles. The Bertz CT molecular complexity index is 711. The Morgan fingerprint density at radius 3 is 2.54 bits per heavy atom. The summed E-state index contributed by atoms with van der Waals surface area (Å²) in [5.74, 6) is 0.596. The normalized spacial score (nSPS) is 22.9. The molecule has 6 heteroatoms. The van der Waals surface area contributed by atoms with Gasteiger partial charge in [0.05, 0.1) is 18.0 Å². The van der Waals surface area contributed by atoms with Gasteiger partial charge in [-0.15, -0.1) is 0 Å². The third-order valence-electron chi connectivity index (χ3n) is 5.44. The van der Waals surface area contributed by atoms with Crippen LogP contribution in [0.5, 0.6) is 0 Å². The molecule has 132 valence electrons. The van der Waals surface area contributed by atoms with E-state index in [0.29, 0.717) is 24.6 Å². The fourth-order valence-electron chi connectivity index (χ4n) is 4.00. The van der Waals surface area contributed by atoms with Gasteiger partial charge in [0.1, 0.15) is 0 Å². The number of anilines is 1. The minimum atomic E-state index is -3.30. The number of para-hydroxylation sites is 1. The molecule has 1 heterocycles. The summed E-state index contributed by atoms with van der Waals surface area (Å²) in [7, 11) is -3.30. The molecule has 1 fully saturated rings. The Hall–Kier alpha value is -1.56. The highest BCUT2D eigenvalue weighted by Gasteiger charge is 2.33. The molecule has 0 bridgehead atoms. The van der Waals surface area contributed by atoms with Crippen LogP contribution in [0.3, 0.4) is 0 Å². The van der Waals surface area contributed by atoms with Gasteiger partial charge in [0.25, 0.3) is 0 Å². The second-order valence-electron chi connectivity index (χ2n) is 7.08. The number of fused-ring (bicyclic) bond motifs is 1. The van der Waals surface area contributed by atoms with Gasteiger partial charge < -0.3 is 5.32 Å². The van der Waals surface area contributed by atoms with Gasteiger partial charge in [-0.3, -0.25) is 9.10 Å². The summed E-state index contributed by atoms with van der Waals surface area (Å²) < 4.78 is 25.4. The molecule has 2 aliphatic rings. The molecule has 1 N–H and O–H groups in total. The van der Waals surface area contributed by atoms with Crippen molar-refractivity contribution in [3.63, 3.8) is 0 Å². The van der Waals surface area contributed by atoms with Crippen LogP contribution in [0.25, 0.3) is 0 Å². The molecule has 1 aromatic rings. The Kier molecular flexibility index (Phi) is 4.85. The van der Waals surface area contributed by atoms with Crippen molar-refractivity contribution >= 4 is 21.6 Å². The molecular weight excluding hydrogens is 324 g/mol. The highest BCUT2D eigenvalue weighted by molar-refractivity contribution is 7.92. The number of amides is 1. The lowest BCUT2D eigenvalue weighted by atomic mass is 9.90. The highest BCUT2D eigenvalue weighted by Crippen LogP contribution is 2.36. The Balaban J connectivity index is 1.78. The van der Waals surface area contributed by atoms with Crippen molar-refractivity contribution in [3.05, 3.63) is 29.8 Å². The fourth-order valence-corrected chi connectivity index (χ4v) is 4.96. The van der Waals surface area contributed by atoms with E-state index in [1.807, 2.05) is 31.2 Å². The van der Waals surface area contributed by atoms with Crippen molar-refractivity contribution in [1.29, 1.82) is 0 Å². The van der Waals surface area contributed by atoms with Gasteiger partial charge in [0, 0.05) is 12.5 Å². The standard InChI is InChI=1S/C18H26N2O3S/c1-13(14-7-3-4-8-14)18(21)19-16-11-12-20(24(2,22)23)17-10-6-5-9-15(16)17/h5-6,9-10,13-14,16H,3-4,7-8,11-12H2,1-2H3,(H,19,21). The molecule has 5 nitrogen and oxygen atoms in total. The average Bonchev–Trinajstić information content (AvgIpc) is 3.07. The number of carbonyl (C=O) groups is 1. The van der Waals surface area contributed by atoms with E-state index in [1.165, 1.54) is 23.4 Å². The van der Waals surface area contributed by atoms with Gasteiger partial charge in [-0.25, -0.2) is 8.42 Å². The molecule has 2 atom stereocenters. The van der Waals surface area contributed by atoms with Crippen LogP contribution in [-0.2, 0) is 14.8 Å². The summed E-state index contributed by atoms with van der Waals surface area (Å²) in [6.07, 6.45) is 6.54. The van der Waals surface area contributed by atoms with E-state index in [1.54, 1.807) is 0 Å². The fraction of sp³-hybridized carbons (Fsp3) is 0.611. The second kappa shape index (κ2) is 6.75. The van der Waals surface area contributed by atoms with Gasteiger partial charge in [-0.1, -0.05) is 38.0 Å². The number of hydrogen-bond acceptors (Lipinski definition) is 3. The number of nitrogens with one attached hydrogen (secondary N) is 1. The summed E-state index contributed by atoms with van der Waals surface area (Å²) in [6, 6.07) is 7.34. The number of carbonyl (C=O) groups excluding carboxylic acids is 1. The summed E-state index contributed by atoms with van der Waals surface area (Å²) in [4.78, 5) is 12.6. The maximum absolute atomic E-state index is 12.6. The summed E-state index contributed by atoms with van der Waals surface area (Å²) in [6.45, 7) is 2.42. The smallest absolute Gasteiger partial charge is 0.232 e. The SMILES string of the molecule is CC(C(=O)NC1CCN(S(C)(=O)=O)c2ccccc21)C1CCCC1. The quantitative estimate of drug-likeness (QED) is 0.908. The molecule has 3 rings (SSSR count). The van der Waals surface area contributed by atoms with E-state index < -0.39 is 10.0 Å². The maximum atomic E-state index is 12.6. The molecule has 0 aromatic heterocycles. The molecule has 1 aliphatic carbocycles. The van der Waals surface area contributed by atoms with Crippen LogP contribution in [0.15, 0.2) is 24.3 Å². The van der Waals surface area contributed by atoms with Crippen LogP contribution in [0.4, 0.5) is 5.69 Å². The average molecular weight is 350 g/mol. The van der Waals surface area contributed by atoms with E-state index in [9.17, 15) is 13.2 Å². The van der Waals surface area contributed by atoms with E-state index in [-0.39, 0.29) is 17.9 Å². The summed E-state index contributed by atoms with van der Waals surface area (Å²) in [5.41, 5.74) is 1.58. The largest absolute Gasteiger partial charge is 0.349 e. The van der Waals surface area contributed by atoms with Crippen LogP contribution in [0.1, 0.15) is 50.6 Å². The number of rotatable bonds is 4. The Morgan fingerprint density at radius 2 is 1.88 bits per heavy atom. The van der Waals surface area contributed by atoms with Crippen molar-refractivity contribution in [2.24, 2.45) is 11.8 Å². The van der Waals surface area contributed by atoms with Crippen molar-refractivity contribution in [3.8, 4) is 0 Å². The minimum absolute atomic E-state index is 0.0209. The molecular formula is C18H26N2O3S. The maximum Gasteiger partial charge on any atom is 0.232 e. The second-order valence-corrected chi connectivity index (χ2v) is 8.98. The predicted molar refractivity (Wildman–Crippen MR) is 95.3 cm³/mol. The summed E-state index contributed by atoms with van der Waals surface area (Å²) in [5, 5.41) is 3.16. The number of hydrogen-bond donors (Lipinski definition) is 1. The Labute approximate surface area is 144 Å². The van der Waals surface area contributed by atoms with Gasteiger partial charge >= 0.3 is 0 Å². The van der Waals surface area contributed by atoms with Crippen LogP contribution in [0, 0.1) is 11.8 Å². The summed E-state index contributed by atoms with van der Waals surface area (Å²) >= 11 is 0. The van der Waals surface area contributed by atoms with E-state index in [4.69, 9.17) is 0 Å². The third-order valence-corrected chi connectivity index (χ3v) is 6.62. The van der Waals surface area contributed by atoms with Crippen molar-refractivity contribution < 1.29 is 13.2 Å². The first-order valence-corrected chi connectivity index (χ1v) is 10.6. The van der Waals surface area contributed by atoms with Gasteiger partial charge in [0.2, 0.25) is 15.9 Å². The lowest BCUT2D eigenvalue weighted by Gasteiger charge is -2.35. The zero-order valence-corrected chi connectivity index (χ0v) is 15.2. The molecule has 1 amide bonds. The van der Waals surface area contributed by atoms with E-state index in [0.717, 1.165) is 18.4 Å². The molecule has 2 unspecified atom stereocenters. The molecule has 0 spiro atoms. The highest BCUT2D eigenvalue weighted by atomic mass is 32.2. The zero-order chi connectivity index (χ0) is 17.3. The number of benzene rings is 1. The van der Waals surface area contributed by atoms with Crippen molar-refractivity contribution in [2.45, 2.75) is 45.1 Å². The molecule has 1 saturated carbocycles. The topological polar surface area (TPSA) is 66.5 Å². The van der Waals surface area contributed by atoms with Gasteiger partial charge in [-0.05, 0) is 36.8 Å². The third kappa shape index (κ3) is 3.43. The van der Waals surface area contributed by atoms with Gasteiger partial charge in [0.15, 0.2) is 0 Å². The van der Waals surface area contributed by atoms with Crippen molar-refractivity contribution in [2.75, 3.05) is 17.1 Å². The predicted octanol–water partition coefficient (Wildman–Crippen LogP) is 2.84. The first-order chi connectivity index (χ1) is 11.4. The van der Waals surface area contributed by atoms with Crippen molar-refractivity contribution in [1.82, 2.24) is 5.32 Å². The van der Waals surface area contributed by atoms with Crippen LogP contribution in [0.2, 0.25) is 0 Å². The molecule has 24 heavy (non-hydrogen) atoms. The number of nitrogens with zero attached hydrogens (tertiary/aromatic N) is 1. The van der Waals surface area contributed by atoms with Crippen LogP contribution in [-0.4, -0.2) is 27.1 Å².